The minimum atomic E-state index is -0.842. The maximum Gasteiger partial charge on any atom is 0.264 e. The Balaban J connectivity index is 1.68. The smallest absolute Gasteiger partial charge is 0.264 e. The fourth-order valence-electron chi connectivity index (χ4n) is 4.56. The van der Waals surface area contributed by atoms with Gasteiger partial charge in [0.05, 0.1) is 18.7 Å². The van der Waals surface area contributed by atoms with Gasteiger partial charge in [-0.05, 0) is 61.6 Å². The van der Waals surface area contributed by atoms with E-state index >= 15 is 0 Å². The zero-order chi connectivity index (χ0) is 22.5. The van der Waals surface area contributed by atoms with Crippen LogP contribution in [-0.2, 0) is 0 Å². The van der Waals surface area contributed by atoms with E-state index in [-0.39, 0.29) is 17.8 Å². The monoisotopic (exact) mass is 448 g/mol. The van der Waals surface area contributed by atoms with Crippen LogP contribution in [0.25, 0.3) is 0 Å². The SMILES string of the molecule is COc1ccccc1C(=O)N1C(=S)N(c2ccc(F)cc2)[C@@]2(C)C[C@H]1c1ccccc1O2. The molecule has 2 aliphatic heterocycles. The predicted octanol–water partition coefficient (Wildman–Crippen LogP) is 5.32. The van der Waals surface area contributed by atoms with Crippen molar-refractivity contribution in [3.05, 3.63) is 89.7 Å². The van der Waals surface area contributed by atoms with Gasteiger partial charge in [-0.15, -0.1) is 0 Å². The molecule has 0 aromatic heterocycles. The molecule has 3 aromatic carbocycles. The van der Waals surface area contributed by atoms with Crippen molar-refractivity contribution in [1.29, 1.82) is 0 Å². The molecule has 1 fully saturated rings. The number of hydrogen-bond acceptors (Lipinski definition) is 4. The first-order valence-electron chi connectivity index (χ1n) is 10.3. The summed E-state index contributed by atoms with van der Waals surface area (Å²) in [6.07, 6.45) is 0.489. The summed E-state index contributed by atoms with van der Waals surface area (Å²) in [5.74, 6) is 0.556. The van der Waals surface area contributed by atoms with Gasteiger partial charge in [-0.2, -0.15) is 0 Å². The van der Waals surface area contributed by atoms with E-state index in [4.69, 9.17) is 21.7 Å². The van der Waals surface area contributed by atoms with Gasteiger partial charge < -0.3 is 9.47 Å². The number of anilines is 1. The average Bonchev–Trinajstić information content (AvgIpc) is 2.79. The van der Waals surface area contributed by atoms with Gasteiger partial charge in [0, 0.05) is 17.7 Å². The minimum absolute atomic E-state index is 0.261. The molecule has 2 atom stereocenters. The van der Waals surface area contributed by atoms with E-state index < -0.39 is 5.72 Å². The maximum absolute atomic E-state index is 13.9. The second kappa shape index (κ2) is 7.60. The number of benzene rings is 3. The second-order valence-corrected chi connectivity index (χ2v) is 8.37. The molecule has 2 aliphatic rings. The molecule has 5 nitrogen and oxygen atoms in total. The van der Waals surface area contributed by atoms with Crippen LogP contribution >= 0.6 is 12.2 Å². The van der Waals surface area contributed by atoms with Crippen LogP contribution in [0.2, 0.25) is 0 Å². The van der Waals surface area contributed by atoms with Crippen LogP contribution in [0.1, 0.15) is 35.3 Å². The summed E-state index contributed by atoms with van der Waals surface area (Å²) < 4.78 is 25.5. The lowest BCUT2D eigenvalue weighted by Crippen LogP contribution is -2.67. The molecule has 0 spiro atoms. The van der Waals surface area contributed by atoms with Gasteiger partial charge in [0.15, 0.2) is 10.8 Å². The highest BCUT2D eigenvalue weighted by Gasteiger charge is 2.53. The first-order chi connectivity index (χ1) is 15.4. The van der Waals surface area contributed by atoms with Gasteiger partial charge in [0.2, 0.25) is 0 Å². The molecular weight excluding hydrogens is 427 g/mol. The van der Waals surface area contributed by atoms with Crippen molar-refractivity contribution < 1.29 is 18.7 Å². The van der Waals surface area contributed by atoms with Crippen LogP contribution in [0, 0.1) is 5.82 Å². The molecule has 0 aliphatic carbocycles. The molecule has 2 bridgehead atoms. The Hall–Kier alpha value is -3.45. The second-order valence-electron chi connectivity index (χ2n) is 8.00. The van der Waals surface area contributed by atoms with E-state index in [2.05, 4.69) is 0 Å². The topological polar surface area (TPSA) is 42.0 Å². The van der Waals surface area contributed by atoms with E-state index in [9.17, 15) is 9.18 Å². The highest BCUT2D eigenvalue weighted by atomic mass is 32.1. The fourth-order valence-corrected chi connectivity index (χ4v) is 5.07. The van der Waals surface area contributed by atoms with E-state index in [1.807, 2.05) is 37.3 Å². The first-order valence-corrected chi connectivity index (χ1v) is 10.7. The lowest BCUT2D eigenvalue weighted by molar-refractivity contribution is 0.0183. The summed E-state index contributed by atoms with van der Waals surface area (Å²) in [6.45, 7) is 1.94. The fraction of sp³-hybridized carbons (Fsp3) is 0.200. The molecule has 0 saturated carbocycles. The van der Waals surface area contributed by atoms with Crippen molar-refractivity contribution in [1.82, 2.24) is 4.90 Å². The minimum Gasteiger partial charge on any atom is -0.496 e. The third-order valence-electron chi connectivity index (χ3n) is 6.00. The van der Waals surface area contributed by atoms with Crippen molar-refractivity contribution in [2.24, 2.45) is 0 Å². The van der Waals surface area contributed by atoms with Gasteiger partial charge in [0.25, 0.3) is 5.91 Å². The lowest BCUT2D eigenvalue weighted by Gasteiger charge is -2.55. The largest absolute Gasteiger partial charge is 0.496 e. The van der Waals surface area contributed by atoms with Gasteiger partial charge >= 0.3 is 0 Å². The standard InChI is InChI=1S/C25H21FN2O3S/c1-25-15-20(18-7-3-6-10-22(18)31-25)27(23(29)19-8-4-5-9-21(19)30-2)24(32)28(25)17-13-11-16(26)12-14-17/h3-14,20H,15H2,1-2H3/t20-,25+/m0/s1. The summed E-state index contributed by atoms with van der Waals surface area (Å²) in [5.41, 5.74) is 1.12. The Morgan fingerprint density at radius 2 is 1.78 bits per heavy atom. The molecule has 0 N–H and O–H groups in total. The normalized spacial score (nSPS) is 21.6. The molecule has 0 radical (unpaired) electrons. The number of halogens is 1. The first kappa shape index (κ1) is 20.5. The van der Waals surface area contributed by atoms with Crippen LogP contribution in [0.5, 0.6) is 11.5 Å². The Morgan fingerprint density at radius 3 is 2.53 bits per heavy atom. The van der Waals surface area contributed by atoms with Gasteiger partial charge in [-0.3, -0.25) is 14.6 Å². The van der Waals surface area contributed by atoms with Crippen molar-refractivity contribution in [2.45, 2.75) is 25.1 Å². The third kappa shape index (κ3) is 3.12. The lowest BCUT2D eigenvalue weighted by atomic mass is 9.88. The van der Waals surface area contributed by atoms with Crippen molar-refractivity contribution >= 4 is 28.9 Å². The molecule has 32 heavy (non-hydrogen) atoms. The summed E-state index contributed by atoms with van der Waals surface area (Å²) in [5, 5.41) is 0.292. The van der Waals surface area contributed by atoms with Crippen molar-refractivity contribution in [3.63, 3.8) is 0 Å². The summed E-state index contributed by atoms with van der Waals surface area (Å²) in [6, 6.07) is 20.5. The van der Waals surface area contributed by atoms with Crippen LogP contribution in [0.3, 0.4) is 0 Å². The van der Waals surface area contributed by atoms with E-state index in [0.29, 0.717) is 34.3 Å². The molecule has 7 heteroatoms. The highest BCUT2D eigenvalue weighted by Crippen LogP contribution is 2.50. The van der Waals surface area contributed by atoms with Crippen LogP contribution in [-0.4, -0.2) is 28.8 Å². The Morgan fingerprint density at radius 1 is 1.09 bits per heavy atom. The Bertz CT molecular complexity index is 1220. The van der Waals surface area contributed by atoms with Gasteiger partial charge in [-0.25, -0.2) is 4.39 Å². The molecule has 2 heterocycles. The number of rotatable bonds is 3. The van der Waals surface area contributed by atoms with E-state index in [0.717, 1.165) is 5.56 Å². The Kier molecular flexibility index (Phi) is 4.86. The number of carbonyl (C=O) groups excluding carboxylic acids is 1. The molecule has 0 unspecified atom stereocenters. The van der Waals surface area contributed by atoms with E-state index in [1.165, 1.54) is 19.2 Å². The highest BCUT2D eigenvalue weighted by molar-refractivity contribution is 7.80. The van der Waals surface area contributed by atoms with Crippen LogP contribution in [0.15, 0.2) is 72.8 Å². The molecule has 162 valence electrons. The molecule has 1 amide bonds. The number of amides is 1. The van der Waals surface area contributed by atoms with Gasteiger partial charge in [0.1, 0.15) is 17.3 Å². The molecule has 1 saturated heterocycles. The average molecular weight is 449 g/mol. The number of thiocarbonyl (C=S) groups is 1. The number of hydrogen-bond donors (Lipinski definition) is 0. The summed E-state index contributed by atoms with van der Waals surface area (Å²) >= 11 is 5.89. The Labute approximate surface area is 191 Å². The number of carbonyl (C=O) groups is 1. The van der Waals surface area contributed by atoms with Crippen LogP contribution < -0.4 is 14.4 Å². The van der Waals surface area contributed by atoms with Crippen LogP contribution in [0.4, 0.5) is 10.1 Å². The third-order valence-corrected chi connectivity index (χ3v) is 6.38. The van der Waals surface area contributed by atoms with Crippen molar-refractivity contribution in [3.8, 4) is 11.5 Å². The molecule has 3 aromatic rings. The van der Waals surface area contributed by atoms with Crippen molar-refractivity contribution in [2.75, 3.05) is 12.0 Å². The number of fused-ring (bicyclic) bond motifs is 4. The summed E-state index contributed by atoms with van der Waals surface area (Å²) in [4.78, 5) is 17.3. The quantitative estimate of drug-likeness (QED) is 0.507. The molecular formula is C25H21FN2O3S. The van der Waals surface area contributed by atoms with E-state index in [1.54, 1.807) is 40.1 Å². The van der Waals surface area contributed by atoms with Gasteiger partial charge in [-0.1, -0.05) is 30.3 Å². The number of para-hydroxylation sites is 2. The zero-order valence-electron chi connectivity index (χ0n) is 17.6. The zero-order valence-corrected chi connectivity index (χ0v) is 18.4. The number of methoxy groups -OCH3 is 1. The maximum atomic E-state index is 13.9. The summed E-state index contributed by atoms with van der Waals surface area (Å²) in [7, 11) is 1.53. The number of nitrogens with zero attached hydrogens (tertiary/aromatic N) is 2. The predicted molar refractivity (Wildman–Crippen MR) is 123 cm³/mol. The number of ether oxygens (including phenoxy) is 2. The molecule has 5 rings (SSSR count).